The van der Waals surface area contributed by atoms with Gasteiger partial charge in [-0.25, -0.2) is 4.79 Å². The van der Waals surface area contributed by atoms with Crippen LogP contribution in [0.5, 0.6) is 11.5 Å². The Bertz CT molecular complexity index is 836. The molecule has 0 aliphatic carbocycles. The molecule has 0 unspecified atom stereocenters. The number of Topliss-reactive ketones (excluding diaryl/α,β-unsaturated/α-hetero) is 1. The molecule has 0 saturated carbocycles. The van der Waals surface area contributed by atoms with Crippen molar-refractivity contribution in [2.75, 3.05) is 32.9 Å². The Morgan fingerprint density at radius 2 is 1.43 bits per heavy atom. The first-order valence-corrected chi connectivity index (χ1v) is 10.5. The molecule has 1 aliphatic heterocycles. The van der Waals surface area contributed by atoms with Crippen LogP contribution in [0.2, 0.25) is 10.0 Å². The van der Waals surface area contributed by atoms with Crippen molar-refractivity contribution in [3.63, 3.8) is 0 Å². The predicted molar refractivity (Wildman–Crippen MR) is 115 cm³/mol. The van der Waals surface area contributed by atoms with Gasteiger partial charge in [0.15, 0.2) is 5.78 Å². The highest BCUT2D eigenvalue weighted by Crippen LogP contribution is 2.22. The van der Waals surface area contributed by atoms with Gasteiger partial charge in [0.1, 0.15) is 31.3 Å². The van der Waals surface area contributed by atoms with Crippen LogP contribution in [0.4, 0.5) is 4.79 Å². The van der Waals surface area contributed by atoms with Gasteiger partial charge in [-0.1, -0.05) is 23.2 Å². The molecule has 1 aliphatic rings. The summed E-state index contributed by atoms with van der Waals surface area (Å²) >= 11 is 11.6. The molecule has 1 amide bonds. The van der Waals surface area contributed by atoms with Gasteiger partial charge in [-0.05, 0) is 60.9 Å². The number of nitrogens with zero attached hydrogens (tertiary/aromatic N) is 1. The number of rotatable bonds is 10. The molecule has 2 aromatic rings. The quantitative estimate of drug-likeness (QED) is 0.482. The zero-order valence-electron chi connectivity index (χ0n) is 16.4. The number of hydrogen-bond acceptors (Lipinski definition) is 5. The van der Waals surface area contributed by atoms with Crippen molar-refractivity contribution in [3.8, 4) is 11.5 Å². The molecule has 0 bridgehead atoms. The molecule has 160 valence electrons. The number of ether oxygens (including phenoxy) is 3. The second-order valence-electron chi connectivity index (χ2n) is 7.01. The normalized spacial score (nSPS) is 13.5. The molecule has 0 aromatic heterocycles. The third-order valence-electron chi connectivity index (χ3n) is 4.65. The second-order valence-corrected chi connectivity index (χ2v) is 7.88. The summed E-state index contributed by atoms with van der Waals surface area (Å²) in [5.41, 5.74) is 0. The van der Waals surface area contributed by atoms with E-state index in [1.54, 1.807) is 53.4 Å². The number of benzene rings is 2. The molecule has 0 spiro atoms. The van der Waals surface area contributed by atoms with Crippen molar-refractivity contribution >= 4 is 35.1 Å². The number of hydrogen-bond donors (Lipinski definition) is 0. The molecule has 6 nitrogen and oxygen atoms in total. The summed E-state index contributed by atoms with van der Waals surface area (Å²) in [4.78, 5) is 25.6. The zero-order chi connectivity index (χ0) is 21.3. The molecule has 1 fully saturated rings. The van der Waals surface area contributed by atoms with Gasteiger partial charge in [-0.15, -0.1) is 0 Å². The monoisotopic (exact) mass is 451 g/mol. The summed E-state index contributed by atoms with van der Waals surface area (Å²) in [6.45, 7) is 1.67. The van der Waals surface area contributed by atoms with Crippen LogP contribution in [0, 0.1) is 5.92 Å². The number of ketones is 1. The van der Waals surface area contributed by atoms with E-state index in [2.05, 4.69) is 0 Å². The fourth-order valence-electron chi connectivity index (χ4n) is 2.94. The van der Waals surface area contributed by atoms with Crippen LogP contribution in [0.1, 0.15) is 12.8 Å². The lowest BCUT2D eigenvalue weighted by Gasteiger charge is -2.38. The fraction of sp³-hybridized carbons (Fsp3) is 0.364. The van der Waals surface area contributed by atoms with Gasteiger partial charge in [0.25, 0.3) is 0 Å². The van der Waals surface area contributed by atoms with E-state index < -0.39 is 0 Å². The topological polar surface area (TPSA) is 65.1 Å². The van der Waals surface area contributed by atoms with Crippen LogP contribution < -0.4 is 9.47 Å². The van der Waals surface area contributed by atoms with Crippen LogP contribution in [0.25, 0.3) is 0 Å². The summed E-state index contributed by atoms with van der Waals surface area (Å²) in [7, 11) is 0. The van der Waals surface area contributed by atoms with Gasteiger partial charge in [0, 0.05) is 29.6 Å². The van der Waals surface area contributed by atoms with E-state index in [-0.39, 0.29) is 31.7 Å². The first-order chi connectivity index (χ1) is 14.5. The molecule has 3 rings (SSSR count). The Morgan fingerprint density at radius 1 is 0.867 bits per heavy atom. The highest BCUT2D eigenvalue weighted by atomic mass is 35.5. The highest BCUT2D eigenvalue weighted by molar-refractivity contribution is 6.30. The average molecular weight is 452 g/mol. The van der Waals surface area contributed by atoms with Crippen LogP contribution >= 0.6 is 23.2 Å². The lowest BCUT2D eigenvalue weighted by atomic mass is 9.94. The van der Waals surface area contributed by atoms with Crippen LogP contribution in [-0.2, 0) is 9.53 Å². The first kappa shape index (κ1) is 22.2. The zero-order valence-corrected chi connectivity index (χ0v) is 17.9. The van der Waals surface area contributed by atoms with Crippen molar-refractivity contribution in [2.45, 2.75) is 12.8 Å². The Morgan fingerprint density at radius 3 is 2.03 bits per heavy atom. The number of halogens is 2. The standard InChI is InChI=1S/C22H23Cl2NO5/c23-17-2-7-20(8-3-17)28-11-12-29-22(27)25-13-16(14-25)1-6-19(26)15-30-21-9-4-18(24)5-10-21/h2-5,7-10,16H,1,6,11-15H2. The summed E-state index contributed by atoms with van der Waals surface area (Å²) < 4.78 is 16.1. The van der Waals surface area contributed by atoms with Crippen molar-refractivity contribution in [1.29, 1.82) is 0 Å². The third kappa shape index (κ3) is 7.11. The van der Waals surface area contributed by atoms with Crippen molar-refractivity contribution in [3.05, 3.63) is 58.6 Å². The Balaban J connectivity index is 1.22. The van der Waals surface area contributed by atoms with Gasteiger partial charge in [0.2, 0.25) is 0 Å². The maximum Gasteiger partial charge on any atom is 0.409 e. The van der Waals surface area contributed by atoms with E-state index in [4.69, 9.17) is 37.4 Å². The Hall–Kier alpha value is -2.44. The van der Waals surface area contributed by atoms with E-state index in [1.165, 1.54) is 0 Å². The molecule has 0 radical (unpaired) electrons. The smallest absolute Gasteiger partial charge is 0.409 e. The number of carbonyl (C=O) groups is 2. The Labute approximate surface area is 185 Å². The Kier molecular flexibility index (Phi) is 8.22. The van der Waals surface area contributed by atoms with Crippen LogP contribution in [0.3, 0.4) is 0 Å². The van der Waals surface area contributed by atoms with Gasteiger partial charge in [0.05, 0.1) is 0 Å². The second kappa shape index (κ2) is 11.1. The van der Waals surface area contributed by atoms with E-state index in [9.17, 15) is 9.59 Å². The van der Waals surface area contributed by atoms with E-state index in [0.717, 1.165) is 6.42 Å². The highest BCUT2D eigenvalue weighted by Gasteiger charge is 2.31. The minimum atomic E-state index is -0.358. The minimum absolute atomic E-state index is 0.0327. The van der Waals surface area contributed by atoms with Gasteiger partial charge in [-0.2, -0.15) is 0 Å². The molecule has 1 heterocycles. The SMILES string of the molecule is O=C(CCC1CN(C(=O)OCCOc2ccc(Cl)cc2)C1)COc1ccc(Cl)cc1. The molecule has 0 N–H and O–H groups in total. The number of carbonyl (C=O) groups excluding carboxylic acids is 2. The summed E-state index contributed by atoms with van der Waals surface area (Å²) in [6.07, 6.45) is 0.797. The third-order valence-corrected chi connectivity index (χ3v) is 5.16. The largest absolute Gasteiger partial charge is 0.490 e. The molecular formula is C22H23Cl2NO5. The van der Waals surface area contributed by atoms with Crippen molar-refractivity contribution in [2.24, 2.45) is 5.92 Å². The molecule has 1 saturated heterocycles. The predicted octanol–water partition coefficient (Wildman–Crippen LogP) is 4.87. The van der Waals surface area contributed by atoms with E-state index >= 15 is 0 Å². The number of likely N-dealkylation sites (tertiary alicyclic amines) is 1. The molecule has 2 aromatic carbocycles. The van der Waals surface area contributed by atoms with Crippen LogP contribution in [-0.4, -0.2) is 49.7 Å². The van der Waals surface area contributed by atoms with Gasteiger partial charge >= 0.3 is 6.09 Å². The summed E-state index contributed by atoms with van der Waals surface area (Å²) in [6, 6.07) is 13.9. The molecule has 8 heteroatoms. The van der Waals surface area contributed by atoms with E-state index in [0.29, 0.717) is 47.0 Å². The maximum absolute atomic E-state index is 12.0. The van der Waals surface area contributed by atoms with Gasteiger partial charge in [-0.3, -0.25) is 4.79 Å². The molecule has 30 heavy (non-hydrogen) atoms. The van der Waals surface area contributed by atoms with Crippen molar-refractivity contribution < 1.29 is 23.8 Å². The lowest BCUT2D eigenvalue weighted by Crippen LogP contribution is -2.50. The van der Waals surface area contributed by atoms with Crippen molar-refractivity contribution in [1.82, 2.24) is 4.90 Å². The van der Waals surface area contributed by atoms with Gasteiger partial charge < -0.3 is 19.1 Å². The number of amides is 1. The minimum Gasteiger partial charge on any atom is -0.490 e. The average Bonchev–Trinajstić information content (AvgIpc) is 2.71. The summed E-state index contributed by atoms with van der Waals surface area (Å²) in [5, 5.41) is 1.26. The first-order valence-electron chi connectivity index (χ1n) is 9.70. The maximum atomic E-state index is 12.0. The lowest BCUT2D eigenvalue weighted by molar-refractivity contribution is -0.121. The van der Waals surface area contributed by atoms with E-state index in [1.807, 2.05) is 0 Å². The molecule has 0 atom stereocenters. The summed E-state index contributed by atoms with van der Waals surface area (Å²) in [5.74, 6) is 1.63. The van der Waals surface area contributed by atoms with Crippen LogP contribution in [0.15, 0.2) is 48.5 Å². The molecular weight excluding hydrogens is 429 g/mol. The fourth-order valence-corrected chi connectivity index (χ4v) is 3.20.